The fraction of sp³-hybridized carbons (Fsp3) is 0.538. The molecule has 2 N–H and O–H groups in total. The second kappa shape index (κ2) is 5.75. The zero-order valence-corrected chi connectivity index (χ0v) is 9.58. The van der Waals surface area contributed by atoms with Crippen LogP contribution in [0.15, 0.2) is 18.2 Å². The van der Waals surface area contributed by atoms with Gasteiger partial charge in [-0.05, 0) is 43.5 Å². The van der Waals surface area contributed by atoms with Crippen molar-refractivity contribution in [2.45, 2.75) is 25.7 Å². The minimum Gasteiger partial charge on any atom is -0.486 e. The number of unbranched alkanes of at least 4 members (excludes halogenated alkanes) is 2. The molecule has 1 aromatic carbocycles. The van der Waals surface area contributed by atoms with Crippen LogP contribution in [-0.4, -0.2) is 19.8 Å². The van der Waals surface area contributed by atoms with Gasteiger partial charge in [-0.3, -0.25) is 0 Å². The summed E-state index contributed by atoms with van der Waals surface area (Å²) in [5, 5.41) is 0. The van der Waals surface area contributed by atoms with Crippen molar-refractivity contribution in [2.24, 2.45) is 5.73 Å². The van der Waals surface area contributed by atoms with Crippen molar-refractivity contribution in [1.29, 1.82) is 0 Å². The molecule has 0 aliphatic carbocycles. The third-order valence-corrected chi connectivity index (χ3v) is 2.78. The minimum absolute atomic E-state index is 0.656. The van der Waals surface area contributed by atoms with E-state index in [1.165, 1.54) is 18.4 Å². The maximum absolute atomic E-state index is 5.55. The maximum Gasteiger partial charge on any atom is 0.161 e. The summed E-state index contributed by atoms with van der Waals surface area (Å²) >= 11 is 0. The molecular weight excluding hydrogens is 202 g/mol. The van der Waals surface area contributed by atoms with Crippen LogP contribution in [0.2, 0.25) is 0 Å². The first-order valence-electron chi connectivity index (χ1n) is 5.99. The van der Waals surface area contributed by atoms with E-state index in [1.54, 1.807) is 0 Å². The molecule has 2 rings (SSSR count). The fourth-order valence-corrected chi connectivity index (χ4v) is 1.89. The van der Waals surface area contributed by atoms with E-state index in [0.29, 0.717) is 13.2 Å². The van der Waals surface area contributed by atoms with Crippen LogP contribution in [0, 0.1) is 0 Å². The molecule has 3 heteroatoms. The van der Waals surface area contributed by atoms with E-state index in [4.69, 9.17) is 15.2 Å². The standard InChI is InChI=1S/C13H19NO2/c14-7-3-1-2-4-11-5-6-12-13(10-11)16-9-8-15-12/h5-6,10H,1-4,7-9,14H2. The van der Waals surface area contributed by atoms with Gasteiger partial charge >= 0.3 is 0 Å². The lowest BCUT2D eigenvalue weighted by Crippen LogP contribution is -2.15. The Morgan fingerprint density at radius 2 is 1.81 bits per heavy atom. The van der Waals surface area contributed by atoms with Gasteiger partial charge in [0, 0.05) is 0 Å². The predicted molar refractivity (Wildman–Crippen MR) is 64.0 cm³/mol. The van der Waals surface area contributed by atoms with Crippen LogP contribution in [0.3, 0.4) is 0 Å². The number of aryl methyl sites for hydroxylation is 1. The average molecular weight is 221 g/mol. The molecule has 0 spiro atoms. The van der Waals surface area contributed by atoms with E-state index in [0.717, 1.165) is 30.9 Å². The molecule has 1 aliphatic heterocycles. The molecular formula is C13H19NO2. The zero-order valence-electron chi connectivity index (χ0n) is 9.58. The quantitative estimate of drug-likeness (QED) is 0.775. The highest BCUT2D eigenvalue weighted by molar-refractivity contribution is 5.43. The molecule has 0 atom stereocenters. The number of rotatable bonds is 5. The van der Waals surface area contributed by atoms with Crippen LogP contribution in [-0.2, 0) is 6.42 Å². The minimum atomic E-state index is 0.656. The van der Waals surface area contributed by atoms with Crippen molar-refractivity contribution in [3.8, 4) is 11.5 Å². The molecule has 1 aromatic rings. The van der Waals surface area contributed by atoms with Crippen molar-refractivity contribution in [2.75, 3.05) is 19.8 Å². The highest BCUT2D eigenvalue weighted by atomic mass is 16.6. The van der Waals surface area contributed by atoms with Crippen LogP contribution in [0.25, 0.3) is 0 Å². The smallest absolute Gasteiger partial charge is 0.161 e. The highest BCUT2D eigenvalue weighted by Crippen LogP contribution is 2.31. The van der Waals surface area contributed by atoms with Crippen molar-refractivity contribution < 1.29 is 9.47 Å². The molecule has 0 unspecified atom stereocenters. The van der Waals surface area contributed by atoms with E-state index in [9.17, 15) is 0 Å². The third-order valence-electron chi connectivity index (χ3n) is 2.78. The molecule has 1 heterocycles. The topological polar surface area (TPSA) is 44.5 Å². The molecule has 0 saturated heterocycles. The molecule has 0 saturated carbocycles. The Hall–Kier alpha value is -1.22. The van der Waals surface area contributed by atoms with Gasteiger partial charge in [0.25, 0.3) is 0 Å². The second-order valence-corrected chi connectivity index (χ2v) is 4.08. The first kappa shape index (κ1) is 11.3. The van der Waals surface area contributed by atoms with E-state index < -0.39 is 0 Å². The molecule has 0 amide bonds. The summed E-state index contributed by atoms with van der Waals surface area (Å²) in [6.07, 6.45) is 4.60. The summed E-state index contributed by atoms with van der Waals surface area (Å²) in [4.78, 5) is 0. The van der Waals surface area contributed by atoms with Gasteiger partial charge in [0.05, 0.1) is 0 Å². The zero-order chi connectivity index (χ0) is 11.2. The van der Waals surface area contributed by atoms with Crippen molar-refractivity contribution >= 4 is 0 Å². The summed E-state index contributed by atoms with van der Waals surface area (Å²) < 4.78 is 11.0. The molecule has 0 fully saturated rings. The third kappa shape index (κ3) is 2.89. The number of nitrogens with two attached hydrogens (primary N) is 1. The van der Waals surface area contributed by atoms with Gasteiger partial charge in [-0.15, -0.1) is 0 Å². The van der Waals surface area contributed by atoms with Crippen LogP contribution in [0.4, 0.5) is 0 Å². The summed E-state index contributed by atoms with van der Waals surface area (Å²) in [5.74, 6) is 1.76. The van der Waals surface area contributed by atoms with Gasteiger partial charge in [0.2, 0.25) is 0 Å². The first-order valence-corrected chi connectivity index (χ1v) is 5.99. The average Bonchev–Trinajstić information content (AvgIpc) is 2.34. The van der Waals surface area contributed by atoms with Crippen LogP contribution in [0.5, 0.6) is 11.5 Å². The molecule has 3 nitrogen and oxygen atoms in total. The summed E-state index contributed by atoms with van der Waals surface area (Å²) in [7, 11) is 0. The lowest BCUT2D eigenvalue weighted by Gasteiger charge is -2.18. The summed E-state index contributed by atoms with van der Waals surface area (Å²) in [6.45, 7) is 2.10. The Morgan fingerprint density at radius 3 is 2.62 bits per heavy atom. The molecule has 0 radical (unpaired) electrons. The lowest BCUT2D eigenvalue weighted by atomic mass is 10.1. The largest absolute Gasteiger partial charge is 0.486 e. The van der Waals surface area contributed by atoms with E-state index >= 15 is 0 Å². The van der Waals surface area contributed by atoms with E-state index in [-0.39, 0.29) is 0 Å². The van der Waals surface area contributed by atoms with Gasteiger partial charge in [0.15, 0.2) is 11.5 Å². The number of hydrogen-bond acceptors (Lipinski definition) is 3. The van der Waals surface area contributed by atoms with Gasteiger partial charge in [-0.1, -0.05) is 12.5 Å². The van der Waals surface area contributed by atoms with Gasteiger partial charge in [0.1, 0.15) is 13.2 Å². The highest BCUT2D eigenvalue weighted by Gasteiger charge is 2.11. The Morgan fingerprint density at radius 1 is 1.00 bits per heavy atom. The number of benzene rings is 1. The summed E-state index contributed by atoms with van der Waals surface area (Å²) in [6, 6.07) is 6.22. The van der Waals surface area contributed by atoms with E-state index in [2.05, 4.69) is 12.1 Å². The second-order valence-electron chi connectivity index (χ2n) is 4.08. The maximum atomic E-state index is 5.55. The molecule has 1 aliphatic rings. The first-order chi connectivity index (χ1) is 7.90. The number of ether oxygens (including phenoxy) is 2. The number of fused-ring (bicyclic) bond motifs is 1. The normalized spacial score (nSPS) is 13.8. The van der Waals surface area contributed by atoms with Gasteiger partial charge in [-0.2, -0.15) is 0 Å². The predicted octanol–water partition coefficient (Wildman–Crippen LogP) is 2.13. The van der Waals surface area contributed by atoms with E-state index in [1.807, 2.05) is 6.07 Å². The molecule has 88 valence electrons. The fourth-order valence-electron chi connectivity index (χ4n) is 1.89. The number of hydrogen-bond donors (Lipinski definition) is 1. The van der Waals surface area contributed by atoms with Crippen LogP contribution < -0.4 is 15.2 Å². The molecule has 0 bridgehead atoms. The van der Waals surface area contributed by atoms with Crippen LogP contribution in [0.1, 0.15) is 24.8 Å². The summed E-state index contributed by atoms with van der Waals surface area (Å²) in [5.41, 5.74) is 6.78. The Balaban J connectivity index is 1.90. The Labute approximate surface area is 96.5 Å². The lowest BCUT2D eigenvalue weighted by molar-refractivity contribution is 0.171. The van der Waals surface area contributed by atoms with Crippen molar-refractivity contribution in [1.82, 2.24) is 0 Å². The van der Waals surface area contributed by atoms with Crippen LogP contribution >= 0.6 is 0 Å². The van der Waals surface area contributed by atoms with Crippen molar-refractivity contribution in [3.63, 3.8) is 0 Å². The van der Waals surface area contributed by atoms with Crippen molar-refractivity contribution in [3.05, 3.63) is 23.8 Å². The Kier molecular flexibility index (Phi) is 4.05. The monoisotopic (exact) mass is 221 g/mol. The van der Waals surface area contributed by atoms with Gasteiger partial charge < -0.3 is 15.2 Å². The SMILES string of the molecule is NCCCCCc1ccc2c(c1)OCCO2. The van der Waals surface area contributed by atoms with Gasteiger partial charge in [-0.25, -0.2) is 0 Å². The molecule has 16 heavy (non-hydrogen) atoms. The molecule has 0 aromatic heterocycles. The Bertz CT molecular complexity index is 339.